The van der Waals surface area contributed by atoms with Crippen molar-refractivity contribution in [3.63, 3.8) is 0 Å². The van der Waals surface area contributed by atoms with Gasteiger partial charge in [-0.2, -0.15) is 0 Å². The molecule has 1 unspecified atom stereocenters. The number of rotatable bonds is 5. The van der Waals surface area contributed by atoms with Gasteiger partial charge in [-0.25, -0.2) is 18.2 Å². The molecule has 0 saturated carbocycles. The number of fused-ring (bicyclic) bond motifs is 1. The minimum Gasteiger partial charge on any atom is -0.478 e. The third kappa shape index (κ3) is 4.35. The smallest absolute Gasteiger partial charge is 0.337 e. The number of anilines is 2. The average Bonchev–Trinajstić information content (AvgIpc) is 2.74. The number of benzene rings is 2. The van der Waals surface area contributed by atoms with Crippen molar-refractivity contribution >= 4 is 49.7 Å². The molecule has 1 saturated heterocycles. The first kappa shape index (κ1) is 21.5. The highest BCUT2D eigenvalue weighted by atomic mass is 35.5. The molecular weight excluding hydrogens is 442 g/mol. The zero-order valence-electron chi connectivity index (χ0n) is 16.6. The number of aromatic nitrogens is 1. The van der Waals surface area contributed by atoms with E-state index in [-0.39, 0.29) is 17.2 Å². The molecule has 2 aromatic carbocycles. The first-order valence-corrected chi connectivity index (χ1v) is 11.4. The first-order chi connectivity index (χ1) is 14.8. The molecule has 1 atom stereocenters. The first-order valence-electron chi connectivity index (χ1n) is 9.52. The van der Waals surface area contributed by atoms with E-state index >= 15 is 0 Å². The number of carbonyl (C=O) groups is 1. The topological polar surface area (TPSA) is 118 Å². The molecule has 3 N–H and O–H groups in total. The number of aromatic carboxylic acids is 1. The highest BCUT2D eigenvalue weighted by molar-refractivity contribution is 7.92. The minimum absolute atomic E-state index is 0.0203. The van der Waals surface area contributed by atoms with E-state index in [2.05, 4.69) is 15.6 Å². The second kappa shape index (κ2) is 8.43. The molecule has 162 valence electrons. The Morgan fingerprint density at radius 1 is 1.23 bits per heavy atom. The van der Waals surface area contributed by atoms with Crippen LogP contribution in [0.25, 0.3) is 10.9 Å². The largest absolute Gasteiger partial charge is 0.478 e. The Hall–Kier alpha value is -2.72. The number of halogens is 1. The monoisotopic (exact) mass is 461 g/mol. The van der Waals surface area contributed by atoms with Crippen LogP contribution in [-0.2, 0) is 14.6 Å². The summed E-state index contributed by atoms with van der Waals surface area (Å²) in [6.07, 6.45) is 0. The predicted molar refractivity (Wildman–Crippen MR) is 118 cm³/mol. The van der Waals surface area contributed by atoms with Crippen molar-refractivity contribution in [1.29, 1.82) is 0 Å². The molecule has 10 heteroatoms. The number of carboxylic acids is 1. The van der Waals surface area contributed by atoms with Crippen LogP contribution < -0.4 is 10.6 Å². The zero-order valence-corrected chi connectivity index (χ0v) is 18.1. The fraction of sp³-hybridized carbons (Fsp3) is 0.238. The van der Waals surface area contributed by atoms with Crippen molar-refractivity contribution in [2.45, 2.75) is 17.3 Å². The van der Waals surface area contributed by atoms with Crippen molar-refractivity contribution in [2.75, 3.05) is 25.1 Å². The third-order valence-corrected chi connectivity index (χ3v) is 7.05. The summed E-state index contributed by atoms with van der Waals surface area (Å²) in [5.74, 6) is -1.10. The molecular formula is C21H20ClN3O5S. The fourth-order valence-corrected chi connectivity index (χ4v) is 4.99. The Labute approximate surface area is 184 Å². The summed E-state index contributed by atoms with van der Waals surface area (Å²) in [5.41, 5.74) is 2.04. The molecule has 2 heterocycles. The molecule has 0 aliphatic carbocycles. The van der Waals surface area contributed by atoms with Crippen molar-refractivity contribution in [1.82, 2.24) is 10.3 Å². The summed E-state index contributed by atoms with van der Waals surface area (Å²) < 4.78 is 31.7. The maximum atomic E-state index is 13.2. The van der Waals surface area contributed by atoms with Gasteiger partial charge in [-0.1, -0.05) is 17.7 Å². The molecule has 0 radical (unpaired) electrons. The van der Waals surface area contributed by atoms with Crippen LogP contribution in [0.2, 0.25) is 5.02 Å². The van der Waals surface area contributed by atoms with E-state index in [4.69, 9.17) is 16.3 Å². The van der Waals surface area contributed by atoms with Gasteiger partial charge in [0, 0.05) is 17.0 Å². The van der Waals surface area contributed by atoms with Gasteiger partial charge < -0.3 is 15.2 Å². The Balaban J connectivity index is 1.87. The van der Waals surface area contributed by atoms with Gasteiger partial charge >= 0.3 is 5.97 Å². The second-order valence-electron chi connectivity index (χ2n) is 7.21. The number of aryl methyl sites for hydroxylation is 1. The van der Waals surface area contributed by atoms with Gasteiger partial charge in [0.05, 0.1) is 35.7 Å². The SMILES string of the molecule is Cc1ccc(C(=O)O)c(Nc2cc(S(=O)(=O)C3COCCN3)nc3ccc(Cl)cc23)c1. The lowest BCUT2D eigenvalue weighted by molar-refractivity contribution is 0.0698. The van der Waals surface area contributed by atoms with E-state index in [1.165, 1.54) is 12.1 Å². The molecule has 1 aliphatic heterocycles. The van der Waals surface area contributed by atoms with Crippen LogP contribution in [0, 0.1) is 6.92 Å². The molecule has 0 bridgehead atoms. The second-order valence-corrected chi connectivity index (χ2v) is 9.73. The maximum absolute atomic E-state index is 13.2. The summed E-state index contributed by atoms with van der Waals surface area (Å²) in [6, 6.07) is 11.2. The lowest BCUT2D eigenvalue weighted by atomic mass is 10.1. The number of carboxylic acid groups (broad SMARTS) is 1. The van der Waals surface area contributed by atoms with Gasteiger partial charge in [-0.3, -0.25) is 5.32 Å². The highest BCUT2D eigenvalue weighted by Gasteiger charge is 2.31. The summed E-state index contributed by atoms with van der Waals surface area (Å²) in [7, 11) is -3.85. The molecule has 0 spiro atoms. The minimum atomic E-state index is -3.85. The Morgan fingerprint density at radius 2 is 2.03 bits per heavy atom. The molecule has 1 aliphatic rings. The van der Waals surface area contributed by atoms with Gasteiger partial charge in [-0.05, 0) is 48.9 Å². The van der Waals surface area contributed by atoms with Crippen molar-refractivity contribution in [3.8, 4) is 0 Å². The van der Waals surface area contributed by atoms with E-state index < -0.39 is 21.2 Å². The van der Waals surface area contributed by atoms with Gasteiger partial charge in [0.1, 0.15) is 5.37 Å². The van der Waals surface area contributed by atoms with E-state index in [1.807, 2.05) is 6.92 Å². The van der Waals surface area contributed by atoms with Crippen LogP contribution in [0.15, 0.2) is 47.5 Å². The summed E-state index contributed by atoms with van der Waals surface area (Å²) in [6.45, 7) is 2.71. The Morgan fingerprint density at radius 3 is 2.74 bits per heavy atom. The number of nitrogens with zero attached hydrogens (tertiary/aromatic N) is 1. The van der Waals surface area contributed by atoms with Crippen molar-refractivity contribution in [3.05, 3.63) is 58.6 Å². The van der Waals surface area contributed by atoms with Gasteiger partial charge in [0.25, 0.3) is 0 Å². The van der Waals surface area contributed by atoms with Crippen molar-refractivity contribution in [2.24, 2.45) is 0 Å². The van der Waals surface area contributed by atoms with Crippen LogP contribution in [0.3, 0.4) is 0 Å². The van der Waals surface area contributed by atoms with Crippen LogP contribution in [0.5, 0.6) is 0 Å². The van der Waals surface area contributed by atoms with Gasteiger partial charge in [0.2, 0.25) is 9.84 Å². The fourth-order valence-electron chi connectivity index (χ4n) is 3.40. The Bertz CT molecular complexity index is 1270. The predicted octanol–water partition coefficient (Wildman–Crippen LogP) is 3.36. The number of nitrogens with one attached hydrogen (secondary N) is 2. The van der Waals surface area contributed by atoms with E-state index in [9.17, 15) is 18.3 Å². The highest BCUT2D eigenvalue weighted by Crippen LogP contribution is 2.32. The molecule has 4 rings (SSSR count). The number of morpholine rings is 1. The molecule has 3 aromatic rings. The normalized spacial score (nSPS) is 16.9. The van der Waals surface area contributed by atoms with Crippen LogP contribution in [0.1, 0.15) is 15.9 Å². The molecule has 1 aromatic heterocycles. The van der Waals surface area contributed by atoms with E-state index in [0.29, 0.717) is 40.5 Å². The zero-order chi connectivity index (χ0) is 22.2. The molecule has 31 heavy (non-hydrogen) atoms. The maximum Gasteiger partial charge on any atom is 0.337 e. The van der Waals surface area contributed by atoms with Crippen LogP contribution in [-0.4, -0.2) is 49.6 Å². The quantitative estimate of drug-likeness (QED) is 0.529. The molecule has 0 amide bonds. The van der Waals surface area contributed by atoms with Gasteiger partial charge in [0.15, 0.2) is 5.03 Å². The van der Waals surface area contributed by atoms with Crippen molar-refractivity contribution < 1.29 is 23.1 Å². The third-order valence-electron chi connectivity index (χ3n) is 4.98. The van der Waals surface area contributed by atoms with E-state index in [1.54, 1.807) is 30.3 Å². The summed E-state index contributed by atoms with van der Waals surface area (Å²) >= 11 is 6.16. The van der Waals surface area contributed by atoms with Gasteiger partial charge in [-0.15, -0.1) is 0 Å². The Kier molecular flexibility index (Phi) is 5.85. The standard InChI is InChI=1S/C21H20ClN3O5S/c1-12-2-4-14(21(26)27)17(8-12)24-18-10-19(25-16-5-3-13(22)9-15(16)18)31(28,29)20-11-30-7-6-23-20/h2-5,8-10,20,23H,6-7,11H2,1H3,(H,24,25)(H,26,27). The molecule has 8 nitrogen and oxygen atoms in total. The summed E-state index contributed by atoms with van der Waals surface area (Å²) in [5, 5.41) is 15.5. The lowest BCUT2D eigenvalue weighted by Crippen LogP contribution is -2.46. The number of sulfone groups is 1. The summed E-state index contributed by atoms with van der Waals surface area (Å²) in [4.78, 5) is 16.0. The number of ether oxygens (including phenoxy) is 1. The average molecular weight is 462 g/mol. The van der Waals surface area contributed by atoms with E-state index in [0.717, 1.165) is 5.56 Å². The number of pyridine rings is 1. The molecule has 1 fully saturated rings. The number of hydrogen-bond acceptors (Lipinski definition) is 7. The lowest BCUT2D eigenvalue weighted by Gasteiger charge is -2.24. The number of hydrogen-bond donors (Lipinski definition) is 3. The van der Waals surface area contributed by atoms with Crippen LogP contribution >= 0.6 is 11.6 Å². The van der Waals surface area contributed by atoms with Crippen LogP contribution in [0.4, 0.5) is 11.4 Å².